The molecule has 5 heteroatoms. The lowest BCUT2D eigenvalue weighted by Crippen LogP contribution is -1.98. The number of fused-ring (bicyclic) bond motifs is 1. The molecule has 0 radical (unpaired) electrons. The maximum atomic E-state index is 8.14. The second kappa shape index (κ2) is 5.38. The Kier molecular flexibility index (Phi) is 3.43. The van der Waals surface area contributed by atoms with Crippen LogP contribution in [0.2, 0.25) is 0 Å². The Bertz CT molecular complexity index is 771. The van der Waals surface area contributed by atoms with Crippen LogP contribution in [0.1, 0.15) is 11.3 Å². The van der Waals surface area contributed by atoms with Crippen LogP contribution in [-0.2, 0) is 0 Å². The molecule has 0 aliphatic heterocycles. The molecule has 0 saturated heterocycles. The highest BCUT2D eigenvalue weighted by molar-refractivity contribution is 8.14. The third-order valence-corrected chi connectivity index (χ3v) is 3.78. The largest absolute Gasteiger partial charge is 0.292 e. The number of thioether (sulfide) groups is 1. The topological polar surface area (TPSA) is 62.5 Å². The number of pyridine rings is 1. The summed E-state index contributed by atoms with van der Waals surface area (Å²) in [5, 5.41) is 10.3. The molecule has 0 bridgehead atoms. The van der Waals surface area contributed by atoms with Crippen LogP contribution in [0, 0.1) is 12.3 Å². The van der Waals surface area contributed by atoms with Gasteiger partial charge in [0.1, 0.15) is 16.4 Å². The van der Waals surface area contributed by atoms with E-state index in [9.17, 15) is 0 Å². The fourth-order valence-corrected chi connectivity index (χ4v) is 2.67. The maximum absolute atomic E-state index is 8.14. The lowest BCUT2D eigenvalue weighted by atomic mass is 10.2. The number of aromatic nitrogens is 3. The zero-order chi connectivity index (χ0) is 13.9. The van der Waals surface area contributed by atoms with Gasteiger partial charge in [0.2, 0.25) is 0 Å². The van der Waals surface area contributed by atoms with Gasteiger partial charge < -0.3 is 0 Å². The number of nitrogens with one attached hydrogen (secondary N) is 1. The molecule has 1 N–H and O–H groups in total. The van der Waals surface area contributed by atoms with E-state index in [-0.39, 0.29) is 0 Å². The first-order valence-electron chi connectivity index (χ1n) is 6.13. The van der Waals surface area contributed by atoms with Crippen LogP contribution in [-0.4, -0.2) is 20.0 Å². The number of nitrogens with zero attached hydrogens (tertiary/aromatic N) is 3. The van der Waals surface area contributed by atoms with Crippen LogP contribution in [0.15, 0.2) is 53.9 Å². The van der Waals surface area contributed by atoms with Crippen molar-refractivity contribution in [1.29, 1.82) is 5.41 Å². The first-order valence-corrected chi connectivity index (χ1v) is 6.95. The van der Waals surface area contributed by atoms with Crippen molar-refractivity contribution in [2.24, 2.45) is 0 Å². The Morgan fingerprint density at radius 3 is 2.80 bits per heavy atom. The number of hydrogen-bond donors (Lipinski definition) is 1. The minimum Gasteiger partial charge on any atom is -0.292 e. The van der Waals surface area contributed by atoms with Crippen molar-refractivity contribution >= 4 is 27.7 Å². The van der Waals surface area contributed by atoms with E-state index in [4.69, 9.17) is 5.41 Å². The van der Waals surface area contributed by atoms with E-state index in [2.05, 4.69) is 15.0 Å². The highest BCUT2D eigenvalue weighted by atomic mass is 32.2. The van der Waals surface area contributed by atoms with Gasteiger partial charge in [-0.2, -0.15) is 0 Å². The average Bonchev–Trinajstić information content (AvgIpc) is 2.49. The van der Waals surface area contributed by atoms with E-state index in [0.717, 1.165) is 21.5 Å². The smallest absolute Gasteiger partial charge is 0.119 e. The van der Waals surface area contributed by atoms with Crippen LogP contribution in [0.5, 0.6) is 0 Å². The van der Waals surface area contributed by atoms with E-state index in [1.165, 1.54) is 18.1 Å². The van der Waals surface area contributed by atoms with Gasteiger partial charge in [-0.05, 0) is 43.0 Å². The molecule has 3 rings (SSSR count). The molecular formula is C15H12N4S. The van der Waals surface area contributed by atoms with Gasteiger partial charge in [-0.25, -0.2) is 9.97 Å². The molecule has 0 atom stereocenters. The van der Waals surface area contributed by atoms with Crippen LogP contribution in [0.4, 0.5) is 0 Å². The van der Waals surface area contributed by atoms with Crippen molar-refractivity contribution in [3.05, 3.63) is 60.2 Å². The maximum Gasteiger partial charge on any atom is 0.119 e. The summed E-state index contributed by atoms with van der Waals surface area (Å²) in [5.41, 5.74) is 2.69. The molecule has 0 spiro atoms. The van der Waals surface area contributed by atoms with Crippen molar-refractivity contribution in [1.82, 2.24) is 15.0 Å². The van der Waals surface area contributed by atoms with Crippen LogP contribution >= 0.6 is 11.8 Å². The number of benzene rings is 1. The number of aryl methyl sites for hydroxylation is 1. The Morgan fingerprint density at radius 2 is 2.00 bits per heavy atom. The van der Waals surface area contributed by atoms with Gasteiger partial charge in [-0.1, -0.05) is 17.7 Å². The number of hydrogen-bond acceptors (Lipinski definition) is 5. The summed E-state index contributed by atoms with van der Waals surface area (Å²) in [6, 6.07) is 11.6. The molecular weight excluding hydrogens is 268 g/mol. The fraction of sp³-hybridized carbons (Fsp3) is 0.0667. The Labute approximate surface area is 120 Å². The molecule has 0 amide bonds. The fourth-order valence-electron chi connectivity index (χ4n) is 1.87. The first-order chi connectivity index (χ1) is 9.74. The van der Waals surface area contributed by atoms with Gasteiger partial charge in [-0.3, -0.25) is 10.4 Å². The Balaban J connectivity index is 1.99. The van der Waals surface area contributed by atoms with Crippen molar-refractivity contribution in [3.63, 3.8) is 0 Å². The lowest BCUT2D eigenvalue weighted by Gasteiger charge is -2.06. The monoisotopic (exact) mass is 280 g/mol. The summed E-state index contributed by atoms with van der Waals surface area (Å²) >= 11 is 1.30. The Hall–Kier alpha value is -2.27. The SMILES string of the molecule is Cc1ccc2ncnc(SC(=N)c3ccccn3)c2c1. The third kappa shape index (κ3) is 2.53. The predicted molar refractivity (Wildman–Crippen MR) is 81.2 cm³/mol. The van der Waals surface area contributed by atoms with Crippen LogP contribution in [0.3, 0.4) is 0 Å². The molecule has 4 nitrogen and oxygen atoms in total. The standard InChI is InChI=1S/C15H12N4S/c1-10-5-6-12-11(8-10)15(19-9-18-12)20-14(16)13-4-2-3-7-17-13/h2-9,16H,1H3. The summed E-state index contributed by atoms with van der Waals surface area (Å²) < 4.78 is 0. The summed E-state index contributed by atoms with van der Waals surface area (Å²) in [6.07, 6.45) is 3.22. The van der Waals surface area contributed by atoms with E-state index in [1.807, 2.05) is 43.3 Å². The summed E-state index contributed by atoms with van der Waals surface area (Å²) in [7, 11) is 0. The molecule has 0 aliphatic rings. The van der Waals surface area contributed by atoms with Gasteiger partial charge >= 0.3 is 0 Å². The van der Waals surface area contributed by atoms with Crippen molar-refractivity contribution in [2.75, 3.05) is 0 Å². The van der Waals surface area contributed by atoms with E-state index >= 15 is 0 Å². The van der Waals surface area contributed by atoms with Gasteiger partial charge in [0.05, 0.1) is 11.2 Å². The van der Waals surface area contributed by atoms with Crippen molar-refractivity contribution < 1.29 is 0 Å². The Morgan fingerprint density at radius 1 is 1.10 bits per heavy atom. The normalized spacial score (nSPS) is 10.7. The summed E-state index contributed by atoms with van der Waals surface area (Å²) in [4.78, 5) is 12.7. The van der Waals surface area contributed by atoms with Crippen molar-refractivity contribution in [2.45, 2.75) is 11.9 Å². The van der Waals surface area contributed by atoms with Crippen molar-refractivity contribution in [3.8, 4) is 0 Å². The average molecular weight is 280 g/mol. The van der Waals surface area contributed by atoms with E-state index in [0.29, 0.717) is 10.7 Å². The van der Waals surface area contributed by atoms with Crippen LogP contribution in [0.25, 0.3) is 10.9 Å². The minimum atomic E-state index is 0.382. The minimum absolute atomic E-state index is 0.382. The molecule has 2 heterocycles. The zero-order valence-electron chi connectivity index (χ0n) is 10.9. The second-order valence-electron chi connectivity index (χ2n) is 4.35. The molecule has 1 aromatic carbocycles. The summed E-state index contributed by atoms with van der Waals surface area (Å²) in [6.45, 7) is 2.03. The number of rotatable bonds is 2. The molecule has 0 unspecified atom stereocenters. The summed E-state index contributed by atoms with van der Waals surface area (Å²) in [5.74, 6) is 0. The first kappa shape index (κ1) is 12.7. The highest BCUT2D eigenvalue weighted by Gasteiger charge is 2.10. The third-order valence-electron chi connectivity index (χ3n) is 2.85. The molecule has 0 aliphatic carbocycles. The van der Waals surface area contributed by atoms with E-state index < -0.39 is 0 Å². The molecule has 3 aromatic rings. The molecule has 98 valence electrons. The lowest BCUT2D eigenvalue weighted by molar-refractivity contribution is 1.10. The van der Waals surface area contributed by atoms with Gasteiger partial charge in [-0.15, -0.1) is 0 Å². The molecule has 2 aromatic heterocycles. The molecule has 20 heavy (non-hydrogen) atoms. The van der Waals surface area contributed by atoms with Gasteiger partial charge in [0, 0.05) is 11.6 Å². The second-order valence-corrected chi connectivity index (χ2v) is 5.34. The molecule has 0 fully saturated rings. The quantitative estimate of drug-likeness (QED) is 0.338. The van der Waals surface area contributed by atoms with Crippen LogP contribution < -0.4 is 0 Å². The van der Waals surface area contributed by atoms with Gasteiger partial charge in [0.15, 0.2) is 0 Å². The highest BCUT2D eigenvalue weighted by Crippen LogP contribution is 2.27. The predicted octanol–water partition coefficient (Wildman–Crippen LogP) is 3.45. The zero-order valence-corrected chi connectivity index (χ0v) is 11.7. The van der Waals surface area contributed by atoms with Gasteiger partial charge in [0.25, 0.3) is 0 Å². The van der Waals surface area contributed by atoms with E-state index in [1.54, 1.807) is 6.20 Å². The molecule has 0 saturated carbocycles.